The summed E-state index contributed by atoms with van der Waals surface area (Å²) in [6, 6.07) is 7.19. The van der Waals surface area contributed by atoms with E-state index in [1.807, 2.05) is 25.1 Å². The van der Waals surface area contributed by atoms with E-state index in [2.05, 4.69) is 12.2 Å². The maximum Gasteiger partial charge on any atom is 0.252 e. The van der Waals surface area contributed by atoms with E-state index in [1.165, 1.54) is 5.01 Å². The Morgan fingerprint density at radius 2 is 2.22 bits per heavy atom. The Hall–Kier alpha value is -2.07. The Balaban J connectivity index is 2.75. The van der Waals surface area contributed by atoms with Gasteiger partial charge in [-0.1, -0.05) is 50.4 Å². The first-order valence-corrected chi connectivity index (χ1v) is 9.57. The predicted molar refractivity (Wildman–Crippen MR) is 108 cm³/mol. The minimum absolute atomic E-state index is 0.100. The van der Waals surface area contributed by atoms with E-state index in [-0.39, 0.29) is 19.0 Å². The van der Waals surface area contributed by atoms with Crippen molar-refractivity contribution in [3.05, 3.63) is 46.6 Å². The Labute approximate surface area is 166 Å². The van der Waals surface area contributed by atoms with Gasteiger partial charge >= 0.3 is 0 Å². The number of allylic oxidation sites excluding steroid dienone is 1. The fourth-order valence-corrected chi connectivity index (χ4v) is 2.77. The Morgan fingerprint density at radius 1 is 1.48 bits per heavy atom. The summed E-state index contributed by atoms with van der Waals surface area (Å²) < 4.78 is 0. The number of aliphatic hydroxyl groups is 1. The molecule has 0 aliphatic rings. The molecule has 1 unspecified atom stereocenters. The van der Waals surface area contributed by atoms with E-state index in [9.17, 15) is 9.90 Å². The summed E-state index contributed by atoms with van der Waals surface area (Å²) in [6.07, 6.45) is 7.10. The minimum Gasteiger partial charge on any atom is -0.388 e. The smallest absolute Gasteiger partial charge is 0.252 e. The molecule has 148 valence electrons. The van der Waals surface area contributed by atoms with Crippen molar-refractivity contribution in [2.45, 2.75) is 51.6 Å². The van der Waals surface area contributed by atoms with Gasteiger partial charge in [-0.05, 0) is 37.0 Å². The number of nitrogens with one attached hydrogen (secondary N) is 1. The number of benzene rings is 1. The summed E-state index contributed by atoms with van der Waals surface area (Å²) in [6.45, 7) is 4.27. The van der Waals surface area contributed by atoms with Crippen LogP contribution in [0, 0.1) is 11.3 Å². The third-order valence-electron chi connectivity index (χ3n) is 4.41. The molecule has 0 saturated carbocycles. The number of amides is 1. The van der Waals surface area contributed by atoms with Crippen molar-refractivity contribution in [2.75, 3.05) is 13.1 Å². The Bertz CT molecular complexity index is 687. The SMILES string of the molecule is CCCCC(O)(CC)CNC(=O)c1cc(C/C=C\N(N)CC#N)ccc1Cl. The van der Waals surface area contributed by atoms with Gasteiger partial charge in [0.1, 0.15) is 6.54 Å². The first-order valence-electron chi connectivity index (χ1n) is 9.19. The zero-order chi connectivity index (χ0) is 20.3. The van der Waals surface area contributed by atoms with Crippen LogP contribution in [-0.2, 0) is 6.42 Å². The van der Waals surface area contributed by atoms with Crippen LogP contribution in [0.1, 0.15) is 55.5 Å². The lowest BCUT2D eigenvalue weighted by Crippen LogP contribution is -2.42. The quantitative estimate of drug-likeness (QED) is 0.305. The molecule has 4 N–H and O–H groups in total. The first kappa shape index (κ1) is 23.0. The van der Waals surface area contributed by atoms with Crippen molar-refractivity contribution < 1.29 is 9.90 Å². The third-order valence-corrected chi connectivity index (χ3v) is 4.74. The Morgan fingerprint density at radius 3 is 2.85 bits per heavy atom. The van der Waals surface area contributed by atoms with Gasteiger partial charge in [0.05, 0.1) is 22.3 Å². The van der Waals surface area contributed by atoms with Crippen LogP contribution in [0.5, 0.6) is 0 Å². The number of hydrogen-bond acceptors (Lipinski definition) is 5. The molecule has 1 aromatic rings. The van der Waals surface area contributed by atoms with Gasteiger partial charge in [0.15, 0.2) is 0 Å². The van der Waals surface area contributed by atoms with E-state index in [0.29, 0.717) is 29.8 Å². The van der Waals surface area contributed by atoms with Crippen LogP contribution in [-0.4, -0.2) is 34.7 Å². The van der Waals surface area contributed by atoms with Crippen molar-refractivity contribution >= 4 is 17.5 Å². The van der Waals surface area contributed by atoms with Gasteiger partial charge in [0.2, 0.25) is 0 Å². The van der Waals surface area contributed by atoms with Gasteiger partial charge in [-0.15, -0.1) is 0 Å². The second-order valence-electron chi connectivity index (χ2n) is 6.60. The number of rotatable bonds is 11. The minimum atomic E-state index is -0.899. The van der Waals surface area contributed by atoms with Gasteiger partial charge in [0, 0.05) is 12.7 Å². The summed E-state index contributed by atoms with van der Waals surface area (Å²) in [7, 11) is 0. The average molecular weight is 393 g/mol. The van der Waals surface area contributed by atoms with Gasteiger partial charge in [-0.25, -0.2) is 5.84 Å². The average Bonchev–Trinajstić information content (AvgIpc) is 2.66. The molecule has 1 atom stereocenters. The number of nitriles is 1. The summed E-state index contributed by atoms with van der Waals surface area (Å²) in [5, 5.41) is 23.6. The topological polar surface area (TPSA) is 102 Å². The summed E-state index contributed by atoms with van der Waals surface area (Å²) >= 11 is 6.18. The van der Waals surface area contributed by atoms with Crippen LogP contribution in [0.15, 0.2) is 30.5 Å². The highest BCUT2D eigenvalue weighted by atomic mass is 35.5. The molecule has 0 saturated heterocycles. The van der Waals surface area contributed by atoms with Crippen LogP contribution in [0.2, 0.25) is 5.02 Å². The molecule has 0 heterocycles. The van der Waals surface area contributed by atoms with Crippen molar-refractivity contribution in [3.63, 3.8) is 0 Å². The van der Waals surface area contributed by atoms with Crippen LogP contribution < -0.4 is 11.2 Å². The number of carbonyl (C=O) groups is 1. The highest BCUT2D eigenvalue weighted by Gasteiger charge is 2.25. The van der Waals surface area contributed by atoms with E-state index in [4.69, 9.17) is 22.7 Å². The summed E-state index contributed by atoms with van der Waals surface area (Å²) in [4.78, 5) is 12.5. The van der Waals surface area contributed by atoms with Gasteiger partial charge < -0.3 is 15.4 Å². The fraction of sp³-hybridized carbons (Fsp3) is 0.500. The van der Waals surface area contributed by atoms with E-state index < -0.39 is 5.60 Å². The molecule has 0 aliphatic carbocycles. The van der Waals surface area contributed by atoms with Crippen LogP contribution in [0.3, 0.4) is 0 Å². The number of hydrazine groups is 1. The Kier molecular flexibility index (Phi) is 9.87. The van der Waals surface area contributed by atoms with E-state index >= 15 is 0 Å². The molecule has 0 bridgehead atoms. The number of carbonyl (C=O) groups excluding carboxylic acids is 1. The zero-order valence-electron chi connectivity index (χ0n) is 16.0. The molecule has 0 aromatic heterocycles. The highest BCUT2D eigenvalue weighted by Crippen LogP contribution is 2.20. The van der Waals surface area contributed by atoms with Crippen LogP contribution >= 0.6 is 11.6 Å². The molecule has 1 amide bonds. The van der Waals surface area contributed by atoms with Crippen LogP contribution in [0.25, 0.3) is 0 Å². The number of nitrogens with zero attached hydrogens (tertiary/aromatic N) is 2. The zero-order valence-corrected chi connectivity index (χ0v) is 16.8. The fourth-order valence-electron chi connectivity index (χ4n) is 2.57. The van der Waals surface area contributed by atoms with Gasteiger partial charge in [0.25, 0.3) is 5.91 Å². The van der Waals surface area contributed by atoms with E-state index in [1.54, 1.807) is 18.3 Å². The van der Waals surface area contributed by atoms with Gasteiger partial charge in [-0.2, -0.15) is 5.26 Å². The second kappa shape index (κ2) is 11.6. The lowest BCUT2D eigenvalue weighted by molar-refractivity contribution is 0.0250. The molecule has 1 rings (SSSR count). The molecule has 0 fully saturated rings. The maximum absolute atomic E-state index is 12.5. The van der Waals surface area contributed by atoms with Gasteiger partial charge in [-0.3, -0.25) is 4.79 Å². The maximum atomic E-state index is 12.5. The van der Waals surface area contributed by atoms with Crippen molar-refractivity contribution in [2.24, 2.45) is 5.84 Å². The molecule has 1 aromatic carbocycles. The molecule has 27 heavy (non-hydrogen) atoms. The summed E-state index contributed by atoms with van der Waals surface area (Å²) in [5.41, 5.74) is 0.366. The lowest BCUT2D eigenvalue weighted by atomic mass is 9.93. The number of hydrogen-bond donors (Lipinski definition) is 3. The molecule has 0 spiro atoms. The lowest BCUT2D eigenvalue weighted by Gasteiger charge is -2.27. The predicted octanol–water partition coefficient (Wildman–Crippen LogP) is 3.16. The van der Waals surface area contributed by atoms with Crippen LogP contribution in [0.4, 0.5) is 0 Å². The van der Waals surface area contributed by atoms with Crippen molar-refractivity contribution in [3.8, 4) is 6.07 Å². The largest absolute Gasteiger partial charge is 0.388 e. The second-order valence-corrected chi connectivity index (χ2v) is 7.00. The molecule has 0 aliphatic heterocycles. The molecule has 6 nitrogen and oxygen atoms in total. The normalized spacial score (nSPS) is 13.2. The summed E-state index contributed by atoms with van der Waals surface area (Å²) in [5.74, 6) is 5.29. The monoisotopic (exact) mass is 392 g/mol. The third kappa shape index (κ3) is 8.00. The first-order chi connectivity index (χ1) is 12.8. The highest BCUT2D eigenvalue weighted by molar-refractivity contribution is 6.33. The molecular weight excluding hydrogens is 364 g/mol. The number of unbranched alkanes of at least 4 members (excludes halogenated alkanes) is 1. The van der Waals surface area contributed by atoms with Crippen molar-refractivity contribution in [1.82, 2.24) is 10.3 Å². The molecule has 0 radical (unpaired) electrons. The number of halogens is 1. The molecular formula is C20H29ClN4O2. The molecule has 7 heteroatoms. The van der Waals surface area contributed by atoms with E-state index in [0.717, 1.165) is 18.4 Å². The number of nitrogens with two attached hydrogens (primary N) is 1. The standard InChI is InChI=1S/C20H29ClN4O2/c1-3-5-10-20(27,4-2)15-24-19(26)17-14-16(8-9-18(17)21)7-6-12-25(23)13-11-22/h6,8-9,12,14,27H,3-5,7,10,13,15,23H2,1-2H3,(H,24,26)/b12-6-. The van der Waals surface area contributed by atoms with Crippen molar-refractivity contribution in [1.29, 1.82) is 5.26 Å².